The summed E-state index contributed by atoms with van der Waals surface area (Å²) in [5.41, 5.74) is 1.93. The Morgan fingerprint density at radius 1 is 1.00 bits per heavy atom. The van der Waals surface area contributed by atoms with Gasteiger partial charge in [-0.15, -0.1) is 0 Å². The highest BCUT2D eigenvalue weighted by molar-refractivity contribution is 5.80. The molecular formula is C18H17F3N2. The predicted molar refractivity (Wildman–Crippen MR) is 85.1 cm³/mol. The molecule has 0 N–H and O–H groups in total. The first-order chi connectivity index (χ1) is 11.0. The molecule has 0 fully saturated rings. The van der Waals surface area contributed by atoms with Gasteiger partial charge < -0.3 is 4.57 Å². The van der Waals surface area contributed by atoms with E-state index >= 15 is 0 Å². The van der Waals surface area contributed by atoms with Crippen molar-refractivity contribution >= 4 is 11.0 Å². The summed E-state index contributed by atoms with van der Waals surface area (Å²) in [5, 5.41) is 0. The number of aromatic nitrogens is 2. The molecule has 5 heteroatoms. The quantitative estimate of drug-likeness (QED) is 0.619. The summed E-state index contributed by atoms with van der Waals surface area (Å²) in [7, 11) is 0. The van der Waals surface area contributed by atoms with Gasteiger partial charge in [0.15, 0.2) is 0 Å². The van der Waals surface area contributed by atoms with Crippen molar-refractivity contribution in [2.45, 2.75) is 32.5 Å². The van der Waals surface area contributed by atoms with Gasteiger partial charge in [0.2, 0.25) is 0 Å². The molecule has 0 bridgehead atoms. The zero-order chi connectivity index (χ0) is 16.4. The van der Waals surface area contributed by atoms with Gasteiger partial charge in [0, 0.05) is 12.1 Å². The molecular weight excluding hydrogens is 301 g/mol. The third-order valence-electron chi connectivity index (χ3n) is 3.86. The van der Waals surface area contributed by atoms with E-state index in [1.54, 1.807) is 0 Å². The maximum Gasteiger partial charge on any atom is 0.416 e. The highest BCUT2D eigenvalue weighted by atomic mass is 19.4. The second-order valence-electron chi connectivity index (χ2n) is 5.50. The van der Waals surface area contributed by atoms with Crippen LogP contribution in [-0.2, 0) is 12.7 Å². The van der Waals surface area contributed by atoms with Gasteiger partial charge in [-0.1, -0.05) is 37.6 Å². The van der Waals surface area contributed by atoms with E-state index in [2.05, 4.69) is 16.5 Å². The number of halogens is 3. The third kappa shape index (κ3) is 3.09. The van der Waals surface area contributed by atoms with Crippen molar-refractivity contribution in [3.63, 3.8) is 0 Å². The number of aryl methyl sites for hydroxylation is 1. The van der Waals surface area contributed by atoms with E-state index in [-0.39, 0.29) is 0 Å². The number of alkyl halides is 3. The van der Waals surface area contributed by atoms with E-state index in [0.717, 1.165) is 42.6 Å². The number of hydrogen-bond acceptors (Lipinski definition) is 1. The van der Waals surface area contributed by atoms with Crippen molar-refractivity contribution in [3.8, 4) is 11.4 Å². The molecule has 0 radical (unpaired) electrons. The first-order valence-corrected chi connectivity index (χ1v) is 7.63. The van der Waals surface area contributed by atoms with Crippen molar-refractivity contribution in [2.24, 2.45) is 0 Å². The second kappa shape index (κ2) is 6.07. The van der Waals surface area contributed by atoms with Gasteiger partial charge in [-0.2, -0.15) is 13.2 Å². The Morgan fingerprint density at radius 2 is 1.70 bits per heavy atom. The van der Waals surface area contributed by atoms with Gasteiger partial charge in [-0.05, 0) is 30.7 Å². The van der Waals surface area contributed by atoms with Crippen LogP contribution < -0.4 is 0 Å². The van der Waals surface area contributed by atoms with Crippen molar-refractivity contribution < 1.29 is 13.2 Å². The number of unbranched alkanes of at least 4 members (excludes halogenated alkanes) is 1. The lowest BCUT2D eigenvalue weighted by atomic mass is 10.1. The van der Waals surface area contributed by atoms with Gasteiger partial charge in [0.25, 0.3) is 0 Å². The first kappa shape index (κ1) is 15.6. The van der Waals surface area contributed by atoms with Gasteiger partial charge in [-0.25, -0.2) is 4.98 Å². The summed E-state index contributed by atoms with van der Waals surface area (Å²) < 4.78 is 40.2. The number of benzene rings is 2. The molecule has 0 aliphatic heterocycles. The normalized spacial score (nSPS) is 12.0. The average Bonchev–Trinajstić information content (AvgIpc) is 2.91. The minimum Gasteiger partial charge on any atom is -0.324 e. The summed E-state index contributed by atoms with van der Waals surface area (Å²) in [6, 6.07) is 13.0. The maximum absolute atomic E-state index is 12.7. The number of para-hydroxylation sites is 2. The predicted octanol–water partition coefficient (Wildman–Crippen LogP) is 5.52. The molecule has 23 heavy (non-hydrogen) atoms. The number of nitrogens with zero attached hydrogens (tertiary/aromatic N) is 2. The van der Waals surface area contributed by atoms with E-state index < -0.39 is 11.7 Å². The van der Waals surface area contributed by atoms with Gasteiger partial charge >= 0.3 is 6.18 Å². The van der Waals surface area contributed by atoms with E-state index in [1.807, 2.05) is 24.3 Å². The standard InChI is InChI=1S/C18H17F3N2/c1-2-3-12-23-16-7-5-4-6-15(16)22-17(23)13-8-10-14(11-9-13)18(19,20)21/h4-11H,2-3,12H2,1H3. The SMILES string of the molecule is CCCCn1c(-c2ccc(C(F)(F)F)cc2)nc2ccccc21. The number of rotatable bonds is 4. The minimum absolute atomic E-state index is 0.641. The molecule has 0 aliphatic rings. The molecule has 0 atom stereocenters. The molecule has 2 nitrogen and oxygen atoms in total. The molecule has 0 amide bonds. The molecule has 3 rings (SSSR count). The number of imidazole rings is 1. The van der Waals surface area contributed by atoms with Crippen LogP contribution in [0.1, 0.15) is 25.3 Å². The Morgan fingerprint density at radius 3 is 2.35 bits per heavy atom. The van der Waals surface area contributed by atoms with Crippen LogP contribution >= 0.6 is 0 Å². The summed E-state index contributed by atoms with van der Waals surface area (Å²) >= 11 is 0. The topological polar surface area (TPSA) is 17.8 Å². The van der Waals surface area contributed by atoms with Gasteiger partial charge in [-0.3, -0.25) is 0 Å². The summed E-state index contributed by atoms with van der Waals surface area (Å²) in [5.74, 6) is 0.716. The molecule has 1 heterocycles. The smallest absolute Gasteiger partial charge is 0.324 e. The van der Waals surface area contributed by atoms with Crippen LogP contribution in [-0.4, -0.2) is 9.55 Å². The second-order valence-corrected chi connectivity index (χ2v) is 5.50. The van der Waals surface area contributed by atoms with Crippen LogP contribution in [0.4, 0.5) is 13.2 Å². The zero-order valence-electron chi connectivity index (χ0n) is 12.8. The van der Waals surface area contributed by atoms with E-state index in [4.69, 9.17) is 0 Å². The van der Waals surface area contributed by atoms with Crippen LogP contribution in [0.5, 0.6) is 0 Å². The van der Waals surface area contributed by atoms with E-state index in [1.165, 1.54) is 12.1 Å². The first-order valence-electron chi connectivity index (χ1n) is 7.63. The Bertz CT molecular complexity index is 801. The van der Waals surface area contributed by atoms with Gasteiger partial charge in [0.05, 0.1) is 16.6 Å². The van der Waals surface area contributed by atoms with E-state index in [0.29, 0.717) is 11.4 Å². The molecule has 3 aromatic rings. The average molecular weight is 318 g/mol. The summed E-state index contributed by atoms with van der Waals surface area (Å²) in [4.78, 5) is 4.61. The van der Waals surface area contributed by atoms with Crippen molar-refractivity contribution in [3.05, 3.63) is 54.1 Å². The van der Waals surface area contributed by atoms with Crippen LogP contribution in [0.2, 0.25) is 0 Å². The minimum atomic E-state index is -4.32. The molecule has 0 aliphatic carbocycles. The Labute approximate surface area is 132 Å². The lowest BCUT2D eigenvalue weighted by Gasteiger charge is -2.10. The third-order valence-corrected chi connectivity index (χ3v) is 3.86. The molecule has 2 aromatic carbocycles. The molecule has 1 aromatic heterocycles. The Hall–Kier alpha value is -2.30. The van der Waals surface area contributed by atoms with Crippen molar-refractivity contribution in [1.29, 1.82) is 0 Å². The summed E-state index contributed by atoms with van der Waals surface area (Å²) in [6.45, 7) is 2.91. The Balaban J connectivity index is 2.08. The van der Waals surface area contributed by atoms with Crippen LogP contribution in [0.25, 0.3) is 22.4 Å². The van der Waals surface area contributed by atoms with E-state index in [9.17, 15) is 13.2 Å². The fourth-order valence-corrected chi connectivity index (χ4v) is 2.65. The highest BCUT2D eigenvalue weighted by Crippen LogP contribution is 2.31. The van der Waals surface area contributed by atoms with Crippen molar-refractivity contribution in [1.82, 2.24) is 9.55 Å². The maximum atomic E-state index is 12.7. The van der Waals surface area contributed by atoms with Crippen LogP contribution in [0.15, 0.2) is 48.5 Å². The highest BCUT2D eigenvalue weighted by Gasteiger charge is 2.30. The lowest BCUT2D eigenvalue weighted by molar-refractivity contribution is -0.137. The molecule has 0 unspecified atom stereocenters. The lowest BCUT2D eigenvalue weighted by Crippen LogP contribution is -2.05. The van der Waals surface area contributed by atoms with Crippen molar-refractivity contribution in [2.75, 3.05) is 0 Å². The monoisotopic (exact) mass is 318 g/mol. The van der Waals surface area contributed by atoms with Crippen LogP contribution in [0.3, 0.4) is 0 Å². The van der Waals surface area contributed by atoms with Crippen LogP contribution in [0, 0.1) is 0 Å². The zero-order valence-corrected chi connectivity index (χ0v) is 12.8. The molecule has 0 saturated heterocycles. The largest absolute Gasteiger partial charge is 0.416 e. The Kier molecular flexibility index (Phi) is 4.11. The van der Waals surface area contributed by atoms with Gasteiger partial charge in [0.1, 0.15) is 5.82 Å². The fourth-order valence-electron chi connectivity index (χ4n) is 2.65. The summed E-state index contributed by atoms with van der Waals surface area (Å²) in [6.07, 6.45) is -2.28. The molecule has 120 valence electrons. The fraction of sp³-hybridized carbons (Fsp3) is 0.278. The number of fused-ring (bicyclic) bond motifs is 1. The molecule has 0 spiro atoms. The number of hydrogen-bond donors (Lipinski definition) is 0. The molecule has 0 saturated carbocycles.